The number of carbonyl (C=O) groups excluding carboxylic acids is 2. The summed E-state index contributed by atoms with van der Waals surface area (Å²) in [4.78, 5) is 26.1. The number of amides is 2. The van der Waals surface area contributed by atoms with Gasteiger partial charge in [-0.2, -0.15) is 0 Å². The van der Waals surface area contributed by atoms with Crippen molar-refractivity contribution in [2.24, 2.45) is 0 Å². The van der Waals surface area contributed by atoms with Crippen LogP contribution in [0.25, 0.3) is 0 Å². The molecule has 2 rings (SSSR count). The zero-order chi connectivity index (χ0) is 14.0. The highest BCUT2D eigenvalue weighted by Gasteiger charge is 2.39. The highest BCUT2D eigenvalue weighted by molar-refractivity contribution is 5.97. The molecule has 2 amide bonds. The molecular weight excluding hydrogens is 240 g/mol. The second-order valence-electron chi connectivity index (χ2n) is 4.97. The smallest absolute Gasteiger partial charge is 0.248 e. The van der Waals surface area contributed by atoms with E-state index in [2.05, 4.69) is 11.9 Å². The van der Waals surface area contributed by atoms with Crippen LogP contribution in [0.1, 0.15) is 25.5 Å². The predicted octanol–water partition coefficient (Wildman–Crippen LogP) is 1.65. The maximum absolute atomic E-state index is 12.3. The highest BCUT2D eigenvalue weighted by Crippen LogP contribution is 2.25. The normalized spacial score (nSPS) is 23.2. The molecule has 1 aromatic carbocycles. The van der Waals surface area contributed by atoms with Gasteiger partial charge in [-0.05, 0) is 19.4 Å². The summed E-state index contributed by atoms with van der Waals surface area (Å²) in [6.07, 6.45) is 0. The highest BCUT2D eigenvalue weighted by atomic mass is 16.2. The Morgan fingerprint density at radius 1 is 1.32 bits per heavy atom. The number of nitrogens with one attached hydrogen (secondary N) is 1. The Labute approximate surface area is 113 Å². The number of hydrogen-bond donors (Lipinski definition) is 1. The molecular formula is C15H18N2O2. The van der Waals surface area contributed by atoms with Crippen LogP contribution in [0.4, 0.5) is 0 Å². The van der Waals surface area contributed by atoms with Crippen LogP contribution >= 0.6 is 0 Å². The van der Waals surface area contributed by atoms with E-state index in [9.17, 15) is 9.59 Å². The molecule has 0 aliphatic carbocycles. The molecule has 0 bridgehead atoms. The molecule has 1 aliphatic heterocycles. The lowest BCUT2D eigenvalue weighted by molar-refractivity contribution is -0.148. The molecule has 1 aromatic rings. The first-order valence-corrected chi connectivity index (χ1v) is 6.31. The van der Waals surface area contributed by atoms with Crippen LogP contribution in [0.2, 0.25) is 0 Å². The van der Waals surface area contributed by atoms with Crippen molar-refractivity contribution in [3.8, 4) is 0 Å². The summed E-state index contributed by atoms with van der Waals surface area (Å²) in [5.41, 5.74) is 1.68. The number of nitrogens with zero attached hydrogens (tertiary/aromatic N) is 1. The maximum atomic E-state index is 12.3. The molecule has 1 fully saturated rings. The molecule has 1 heterocycles. The van der Waals surface area contributed by atoms with Gasteiger partial charge in [0.1, 0.15) is 12.1 Å². The van der Waals surface area contributed by atoms with Gasteiger partial charge in [0, 0.05) is 6.54 Å². The lowest BCUT2D eigenvalue weighted by atomic mass is 9.99. The summed E-state index contributed by atoms with van der Waals surface area (Å²) in [6.45, 7) is 7.79. The maximum Gasteiger partial charge on any atom is 0.248 e. The molecule has 100 valence electrons. The number of carbonyl (C=O) groups is 2. The quantitative estimate of drug-likeness (QED) is 0.838. The third kappa shape index (κ3) is 2.67. The minimum atomic E-state index is -0.568. The zero-order valence-corrected chi connectivity index (χ0v) is 11.2. The van der Waals surface area contributed by atoms with Gasteiger partial charge in [-0.15, -0.1) is 0 Å². The summed E-state index contributed by atoms with van der Waals surface area (Å²) in [6, 6.07) is 8.29. The minimum absolute atomic E-state index is 0.0727. The van der Waals surface area contributed by atoms with E-state index in [-0.39, 0.29) is 11.8 Å². The van der Waals surface area contributed by atoms with Crippen LogP contribution in [0.5, 0.6) is 0 Å². The lowest BCUT2D eigenvalue weighted by Gasteiger charge is -2.38. The summed E-state index contributed by atoms with van der Waals surface area (Å²) >= 11 is 0. The SMILES string of the molecule is C=C(C)CN1C(=O)C(C)NC(=O)C1c1ccccc1. The van der Waals surface area contributed by atoms with Crippen LogP contribution in [0.15, 0.2) is 42.5 Å². The Kier molecular flexibility index (Phi) is 3.69. The van der Waals surface area contributed by atoms with E-state index in [0.717, 1.165) is 11.1 Å². The Bertz CT molecular complexity index is 510. The summed E-state index contributed by atoms with van der Waals surface area (Å²) in [7, 11) is 0. The summed E-state index contributed by atoms with van der Waals surface area (Å²) in [5, 5.41) is 2.72. The first kappa shape index (κ1) is 13.3. The van der Waals surface area contributed by atoms with Crippen molar-refractivity contribution < 1.29 is 9.59 Å². The standard InChI is InChI=1S/C15H18N2O2/c1-10(2)9-17-13(12-7-5-4-6-8-12)14(18)16-11(3)15(17)19/h4-8,11,13H,1,9H2,2-3H3,(H,16,18). The Balaban J connectivity index is 2.38. The van der Waals surface area contributed by atoms with Crippen molar-refractivity contribution in [3.05, 3.63) is 48.0 Å². The number of hydrogen-bond acceptors (Lipinski definition) is 2. The van der Waals surface area contributed by atoms with E-state index in [1.807, 2.05) is 37.3 Å². The van der Waals surface area contributed by atoms with Crippen molar-refractivity contribution in [1.82, 2.24) is 10.2 Å². The number of piperazine rings is 1. The van der Waals surface area contributed by atoms with Gasteiger partial charge in [-0.25, -0.2) is 0 Å². The van der Waals surface area contributed by atoms with Gasteiger partial charge >= 0.3 is 0 Å². The predicted molar refractivity (Wildman–Crippen MR) is 73.3 cm³/mol. The van der Waals surface area contributed by atoms with Crippen LogP contribution in [-0.4, -0.2) is 29.3 Å². The van der Waals surface area contributed by atoms with Crippen molar-refractivity contribution >= 4 is 11.8 Å². The van der Waals surface area contributed by atoms with Crippen molar-refractivity contribution in [1.29, 1.82) is 0 Å². The van der Waals surface area contributed by atoms with Crippen LogP contribution in [-0.2, 0) is 9.59 Å². The van der Waals surface area contributed by atoms with Gasteiger partial charge in [-0.3, -0.25) is 9.59 Å². The molecule has 4 heteroatoms. The molecule has 0 saturated carbocycles. The van der Waals surface area contributed by atoms with E-state index in [0.29, 0.717) is 6.54 Å². The van der Waals surface area contributed by atoms with Gasteiger partial charge in [0.15, 0.2) is 0 Å². The molecule has 4 nitrogen and oxygen atoms in total. The fraction of sp³-hybridized carbons (Fsp3) is 0.333. The Morgan fingerprint density at radius 2 is 1.95 bits per heavy atom. The summed E-state index contributed by atoms with van der Waals surface area (Å²) in [5.74, 6) is -0.212. The molecule has 0 spiro atoms. The van der Waals surface area contributed by atoms with Crippen molar-refractivity contribution in [3.63, 3.8) is 0 Å². The number of benzene rings is 1. The molecule has 2 unspecified atom stereocenters. The summed E-state index contributed by atoms with van der Waals surface area (Å²) < 4.78 is 0. The monoisotopic (exact) mass is 258 g/mol. The van der Waals surface area contributed by atoms with Gasteiger partial charge in [0.2, 0.25) is 11.8 Å². The molecule has 2 atom stereocenters. The zero-order valence-electron chi connectivity index (χ0n) is 11.2. The first-order valence-electron chi connectivity index (χ1n) is 6.31. The van der Waals surface area contributed by atoms with Gasteiger partial charge < -0.3 is 10.2 Å². The van der Waals surface area contributed by atoms with E-state index in [1.165, 1.54) is 0 Å². The van der Waals surface area contributed by atoms with Crippen LogP contribution in [0.3, 0.4) is 0 Å². The van der Waals surface area contributed by atoms with Crippen LogP contribution in [0, 0.1) is 0 Å². The molecule has 1 aliphatic rings. The van der Waals surface area contributed by atoms with E-state index < -0.39 is 12.1 Å². The average molecular weight is 258 g/mol. The van der Waals surface area contributed by atoms with E-state index in [1.54, 1.807) is 11.8 Å². The molecule has 0 aromatic heterocycles. The van der Waals surface area contributed by atoms with Crippen molar-refractivity contribution in [2.75, 3.05) is 6.54 Å². The first-order chi connectivity index (χ1) is 9.00. The third-order valence-electron chi connectivity index (χ3n) is 3.13. The number of rotatable bonds is 3. The molecule has 19 heavy (non-hydrogen) atoms. The molecule has 0 radical (unpaired) electrons. The Hall–Kier alpha value is -2.10. The Morgan fingerprint density at radius 3 is 2.53 bits per heavy atom. The molecule has 1 saturated heterocycles. The van der Waals surface area contributed by atoms with Gasteiger partial charge in [0.25, 0.3) is 0 Å². The fourth-order valence-electron chi connectivity index (χ4n) is 2.30. The van der Waals surface area contributed by atoms with Gasteiger partial charge in [-0.1, -0.05) is 42.5 Å². The average Bonchev–Trinajstić information content (AvgIpc) is 2.36. The largest absolute Gasteiger partial charge is 0.342 e. The fourth-order valence-corrected chi connectivity index (χ4v) is 2.30. The minimum Gasteiger partial charge on any atom is -0.342 e. The van der Waals surface area contributed by atoms with Crippen molar-refractivity contribution in [2.45, 2.75) is 25.9 Å². The second-order valence-corrected chi connectivity index (χ2v) is 4.97. The topological polar surface area (TPSA) is 49.4 Å². The van der Waals surface area contributed by atoms with Gasteiger partial charge in [0.05, 0.1) is 0 Å². The molecule has 1 N–H and O–H groups in total. The van der Waals surface area contributed by atoms with E-state index in [4.69, 9.17) is 0 Å². The lowest BCUT2D eigenvalue weighted by Crippen LogP contribution is -2.58. The third-order valence-corrected chi connectivity index (χ3v) is 3.13. The second kappa shape index (κ2) is 5.26. The van der Waals surface area contributed by atoms with Crippen LogP contribution < -0.4 is 5.32 Å². The van der Waals surface area contributed by atoms with E-state index >= 15 is 0 Å².